The second-order valence-electron chi connectivity index (χ2n) is 8.21. The Labute approximate surface area is 213 Å². The molecule has 6 nitrogen and oxygen atoms in total. The molecule has 7 heteroatoms. The average molecular weight is 531 g/mol. The Morgan fingerprint density at radius 3 is 2.43 bits per heavy atom. The highest BCUT2D eigenvalue weighted by Crippen LogP contribution is 2.23. The molecule has 178 valence electrons. The van der Waals surface area contributed by atoms with E-state index in [-0.39, 0.29) is 6.03 Å². The van der Waals surface area contributed by atoms with Crippen molar-refractivity contribution in [1.29, 1.82) is 0 Å². The van der Waals surface area contributed by atoms with Crippen LogP contribution in [0.3, 0.4) is 0 Å². The molecule has 3 aromatic carbocycles. The van der Waals surface area contributed by atoms with Gasteiger partial charge in [-0.2, -0.15) is 5.10 Å². The van der Waals surface area contributed by atoms with Crippen LogP contribution < -0.4 is 15.5 Å². The van der Waals surface area contributed by atoms with Crippen LogP contribution in [-0.2, 0) is 6.61 Å². The van der Waals surface area contributed by atoms with E-state index in [0.717, 1.165) is 49.7 Å². The van der Waals surface area contributed by atoms with E-state index in [9.17, 15) is 4.79 Å². The summed E-state index contributed by atoms with van der Waals surface area (Å²) in [6, 6.07) is 25.3. The second kappa shape index (κ2) is 11.1. The molecule has 2 N–H and O–H groups in total. The Morgan fingerprint density at radius 2 is 1.71 bits per heavy atom. The molecule has 1 aromatic heterocycles. The van der Waals surface area contributed by atoms with Crippen LogP contribution in [0.5, 0.6) is 5.75 Å². The number of hydrogen-bond donors (Lipinski definition) is 2. The molecule has 0 saturated heterocycles. The summed E-state index contributed by atoms with van der Waals surface area (Å²) < 4.78 is 9.12. The van der Waals surface area contributed by atoms with E-state index >= 15 is 0 Å². The van der Waals surface area contributed by atoms with Crippen molar-refractivity contribution in [3.05, 3.63) is 111 Å². The molecule has 0 spiro atoms. The van der Waals surface area contributed by atoms with Crippen molar-refractivity contribution in [3.8, 4) is 11.4 Å². The molecular weight excluding hydrogens is 504 g/mol. The summed E-state index contributed by atoms with van der Waals surface area (Å²) in [4.78, 5) is 12.2. The van der Waals surface area contributed by atoms with Gasteiger partial charge >= 0.3 is 6.03 Å². The number of para-hydroxylation sites is 1. The van der Waals surface area contributed by atoms with E-state index in [0.29, 0.717) is 6.61 Å². The van der Waals surface area contributed by atoms with E-state index in [1.165, 1.54) is 0 Å². The molecule has 0 saturated carbocycles. The number of hydrazone groups is 1. The molecule has 0 aliphatic carbocycles. The highest BCUT2D eigenvalue weighted by molar-refractivity contribution is 9.10. The van der Waals surface area contributed by atoms with Gasteiger partial charge in [0.15, 0.2) is 0 Å². The quantitative estimate of drug-likeness (QED) is 0.201. The fourth-order valence-electron chi connectivity index (χ4n) is 3.78. The molecule has 1 heterocycles. The van der Waals surface area contributed by atoms with Gasteiger partial charge in [0, 0.05) is 32.8 Å². The number of benzene rings is 3. The number of nitrogens with zero attached hydrogens (tertiary/aromatic N) is 2. The zero-order valence-electron chi connectivity index (χ0n) is 19.9. The van der Waals surface area contributed by atoms with Crippen molar-refractivity contribution in [2.45, 2.75) is 27.4 Å². The number of carbonyl (C=O) groups excluding carboxylic acids is 1. The van der Waals surface area contributed by atoms with Crippen LogP contribution in [0.15, 0.2) is 88.4 Å². The van der Waals surface area contributed by atoms with Gasteiger partial charge in [-0.25, -0.2) is 10.2 Å². The van der Waals surface area contributed by atoms with Crippen molar-refractivity contribution in [1.82, 2.24) is 9.99 Å². The molecule has 0 atom stereocenters. The van der Waals surface area contributed by atoms with E-state index in [2.05, 4.69) is 36.3 Å². The van der Waals surface area contributed by atoms with E-state index in [4.69, 9.17) is 4.74 Å². The maximum atomic E-state index is 12.2. The van der Waals surface area contributed by atoms with Crippen LogP contribution in [0.4, 0.5) is 10.5 Å². The third kappa shape index (κ3) is 6.19. The van der Waals surface area contributed by atoms with Gasteiger partial charge in [0.05, 0.1) is 6.21 Å². The first-order valence-electron chi connectivity index (χ1n) is 11.2. The van der Waals surface area contributed by atoms with Crippen molar-refractivity contribution in [2.75, 3.05) is 5.32 Å². The minimum atomic E-state index is -0.386. The normalized spacial score (nSPS) is 11.0. The summed E-state index contributed by atoms with van der Waals surface area (Å²) >= 11 is 3.45. The summed E-state index contributed by atoms with van der Waals surface area (Å²) in [5, 5.41) is 6.92. The smallest absolute Gasteiger partial charge is 0.339 e. The maximum absolute atomic E-state index is 12.2. The van der Waals surface area contributed by atoms with Gasteiger partial charge in [-0.15, -0.1) is 0 Å². The molecular formula is C28H27BrN4O2. The van der Waals surface area contributed by atoms with Gasteiger partial charge in [-0.1, -0.05) is 46.3 Å². The molecule has 0 bridgehead atoms. The Bertz CT molecular complexity index is 1340. The number of urea groups is 1. The van der Waals surface area contributed by atoms with Gasteiger partial charge in [0.1, 0.15) is 12.4 Å². The molecule has 35 heavy (non-hydrogen) atoms. The highest BCUT2D eigenvalue weighted by atomic mass is 79.9. The largest absolute Gasteiger partial charge is 0.489 e. The number of halogens is 1. The van der Waals surface area contributed by atoms with Gasteiger partial charge in [-0.05, 0) is 80.4 Å². The fourth-order valence-corrected chi connectivity index (χ4v) is 4.04. The predicted octanol–water partition coefficient (Wildman–Crippen LogP) is 6.90. The lowest BCUT2D eigenvalue weighted by molar-refractivity contribution is 0.252. The Kier molecular flexibility index (Phi) is 7.67. The number of carbonyl (C=O) groups is 1. The predicted molar refractivity (Wildman–Crippen MR) is 145 cm³/mol. The lowest BCUT2D eigenvalue weighted by Gasteiger charge is -2.11. The summed E-state index contributed by atoms with van der Waals surface area (Å²) in [6.45, 7) is 6.52. The first kappa shape index (κ1) is 24.3. The number of aromatic nitrogens is 1. The average Bonchev–Trinajstić information content (AvgIpc) is 3.13. The van der Waals surface area contributed by atoms with Gasteiger partial charge < -0.3 is 14.6 Å². The maximum Gasteiger partial charge on any atom is 0.339 e. The number of anilines is 1. The standard InChI is InChI=1S/C28H27BrN4O2/c1-19-6-4-5-7-27(19)31-28(34)32-30-17-23-16-20(2)33(21(23)3)25-12-14-26(15-13-25)35-18-22-8-10-24(29)11-9-22/h4-17H,18H2,1-3H3,(H2,31,32,34). The molecule has 4 aromatic rings. The van der Waals surface area contributed by atoms with Crippen LogP contribution >= 0.6 is 15.9 Å². The minimum absolute atomic E-state index is 0.386. The minimum Gasteiger partial charge on any atom is -0.489 e. The van der Waals surface area contributed by atoms with Crippen molar-refractivity contribution in [3.63, 3.8) is 0 Å². The SMILES string of the molecule is Cc1ccccc1NC(=O)NN=Cc1cc(C)n(-c2ccc(OCc3ccc(Br)cc3)cc2)c1C. The Hall–Kier alpha value is -3.84. The number of ether oxygens (including phenoxy) is 1. The summed E-state index contributed by atoms with van der Waals surface area (Å²) in [6.07, 6.45) is 1.66. The number of amides is 2. The van der Waals surface area contributed by atoms with Crippen LogP contribution in [0.2, 0.25) is 0 Å². The van der Waals surface area contributed by atoms with E-state index in [1.807, 2.05) is 99.6 Å². The summed E-state index contributed by atoms with van der Waals surface area (Å²) in [5.41, 5.74) is 9.43. The van der Waals surface area contributed by atoms with Gasteiger partial charge in [0.25, 0.3) is 0 Å². The molecule has 0 fully saturated rings. The number of rotatable bonds is 7. The highest BCUT2D eigenvalue weighted by Gasteiger charge is 2.10. The van der Waals surface area contributed by atoms with Crippen LogP contribution in [0.25, 0.3) is 5.69 Å². The number of nitrogens with one attached hydrogen (secondary N) is 2. The van der Waals surface area contributed by atoms with Crippen molar-refractivity contribution >= 4 is 33.9 Å². The molecule has 0 unspecified atom stereocenters. The molecule has 4 rings (SSSR count). The van der Waals surface area contributed by atoms with Gasteiger partial charge in [0.2, 0.25) is 0 Å². The fraction of sp³-hybridized carbons (Fsp3) is 0.143. The molecule has 0 aliphatic rings. The Balaban J connectivity index is 1.39. The second-order valence-corrected chi connectivity index (χ2v) is 9.13. The lowest BCUT2D eigenvalue weighted by Crippen LogP contribution is -2.24. The monoisotopic (exact) mass is 530 g/mol. The van der Waals surface area contributed by atoms with E-state index in [1.54, 1.807) is 6.21 Å². The number of hydrogen-bond acceptors (Lipinski definition) is 3. The van der Waals surface area contributed by atoms with Crippen molar-refractivity contribution in [2.24, 2.45) is 5.10 Å². The van der Waals surface area contributed by atoms with Crippen LogP contribution in [0, 0.1) is 20.8 Å². The molecule has 2 amide bonds. The van der Waals surface area contributed by atoms with Crippen LogP contribution in [0.1, 0.15) is 28.1 Å². The van der Waals surface area contributed by atoms with Crippen molar-refractivity contribution < 1.29 is 9.53 Å². The third-order valence-electron chi connectivity index (χ3n) is 5.65. The van der Waals surface area contributed by atoms with E-state index < -0.39 is 0 Å². The third-order valence-corrected chi connectivity index (χ3v) is 6.18. The zero-order chi connectivity index (χ0) is 24.8. The Morgan fingerprint density at radius 1 is 1.00 bits per heavy atom. The topological polar surface area (TPSA) is 67.7 Å². The molecule has 0 aliphatic heterocycles. The van der Waals surface area contributed by atoms with Crippen LogP contribution in [-0.4, -0.2) is 16.8 Å². The zero-order valence-corrected chi connectivity index (χ0v) is 21.5. The first-order valence-corrected chi connectivity index (χ1v) is 12.0. The summed E-state index contributed by atoms with van der Waals surface area (Å²) in [5.74, 6) is 0.810. The number of aryl methyl sites for hydroxylation is 2. The first-order chi connectivity index (χ1) is 16.9. The van der Waals surface area contributed by atoms with Gasteiger partial charge in [-0.3, -0.25) is 0 Å². The summed E-state index contributed by atoms with van der Waals surface area (Å²) in [7, 11) is 0. The lowest BCUT2D eigenvalue weighted by atomic mass is 10.2. The molecule has 0 radical (unpaired) electrons.